The molecule has 1 heterocycles. The van der Waals surface area contributed by atoms with Crippen molar-refractivity contribution < 1.29 is 9.84 Å². The van der Waals surface area contributed by atoms with Crippen molar-refractivity contribution >= 4 is 0 Å². The van der Waals surface area contributed by atoms with Gasteiger partial charge in [-0.25, -0.2) is 0 Å². The predicted octanol–water partition coefficient (Wildman–Crippen LogP) is 4.01. The smallest absolute Gasteiger partial charge is 0.123 e. The minimum Gasteiger partial charge on any atom is -0.491 e. The first-order valence-electron chi connectivity index (χ1n) is 9.29. The van der Waals surface area contributed by atoms with Crippen molar-refractivity contribution in [3.8, 4) is 5.75 Å². The maximum atomic E-state index is 10.4. The van der Waals surface area contributed by atoms with E-state index in [9.17, 15) is 5.11 Å². The Morgan fingerprint density at radius 3 is 2.42 bits per heavy atom. The molecule has 1 aromatic rings. The zero-order valence-electron chi connectivity index (χ0n) is 16.3. The van der Waals surface area contributed by atoms with Gasteiger partial charge in [0, 0.05) is 19.6 Å². The molecule has 0 amide bonds. The number of aliphatic hydroxyl groups excluding tert-OH is 1. The summed E-state index contributed by atoms with van der Waals surface area (Å²) in [4.78, 5) is 2.38. The van der Waals surface area contributed by atoms with Crippen LogP contribution in [-0.4, -0.2) is 42.4 Å². The van der Waals surface area contributed by atoms with E-state index < -0.39 is 6.10 Å². The highest BCUT2D eigenvalue weighted by Gasteiger charge is 2.24. The van der Waals surface area contributed by atoms with Gasteiger partial charge in [0.25, 0.3) is 0 Å². The van der Waals surface area contributed by atoms with Gasteiger partial charge >= 0.3 is 0 Å². The molecule has 1 aliphatic rings. The van der Waals surface area contributed by atoms with E-state index in [1.54, 1.807) is 0 Å². The van der Waals surface area contributed by atoms with Crippen molar-refractivity contribution in [1.82, 2.24) is 4.90 Å². The molecule has 0 saturated carbocycles. The monoisotopic (exact) mass is 333 g/mol. The van der Waals surface area contributed by atoms with Crippen LogP contribution < -0.4 is 4.74 Å². The van der Waals surface area contributed by atoms with Crippen LogP contribution in [0.1, 0.15) is 52.2 Å². The number of benzene rings is 1. The summed E-state index contributed by atoms with van der Waals surface area (Å²) in [6.45, 7) is 16.5. The SMILES string of the molecule is Cc1ccc(OCC(O)CN2CC(C)CC(C)C2)c(C(C)(C)C)c1. The number of nitrogens with zero attached hydrogens (tertiary/aromatic N) is 1. The van der Waals surface area contributed by atoms with Crippen LogP contribution in [0.2, 0.25) is 0 Å². The van der Waals surface area contributed by atoms with E-state index in [2.05, 4.69) is 58.6 Å². The zero-order valence-corrected chi connectivity index (χ0v) is 16.3. The largest absolute Gasteiger partial charge is 0.491 e. The number of aryl methyl sites for hydroxylation is 1. The Morgan fingerprint density at radius 1 is 1.21 bits per heavy atom. The fraction of sp³-hybridized carbons (Fsp3) is 0.714. The molecule has 24 heavy (non-hydrogen) atoms. The van der Waals surface area contributed by atoms with Crippen LogP contribution in [-0.2, 0) is 5.41 Å². The van der Waals surface area contributed by atoms with Gasteiger partial charge in [-0.05, 0) is 42.2 Å². The fourth-order valence-electron chi connectivity index (χ4n) is 3.83. The van der Waals surface area contributed by atoms with Crippen molar-refractivity contribution in [3.63, 3.8) is 0 Å². The van der Waals surface area contributed by atoms with Crippen molar-refractivity contribution in [1.29, 1.82) is 0 Å². The number of β-amino-alcohol motifs (C(OH)–C–C–N with tert-alkyl or cyclic N) is 1. The van der Waals surface area contributed by atoms with E-state index in [4.69, 9.17) is 4.74 Å². The summed E-state index contributed by atoms with van der Waals surface area (Å²) < 4.78 is 6.00. The molecule has 1 saturated heterocycles. The number of likely N-dealkylation sites (tertiary alicyclic amines) is 1. The normalized spacial score (nSPS) is 24.0. The minimum absolute atomic E-state index is 0.0318. The van der Waals surface area contributed by atoms with Crippen LogP contribution in [0.4, 0.5) is 0 Å². The summed E-state index contributed by atoms with van der Waals surface area (Å²) in [7, 11) is 0. The lowest BCUT2D eigenvalue weighted by Gasteiger charge is -2.36. The van der Waals surface area contributed by atoms with E-state index in [0.29, 0.717) is 25.0 Å². The molecule has 0 aliphatic carbocycles. The fourth-order valence-corrected chi connectivity index (χ4v) is 3.83. The predicted molar refractivity (Wildman–Crippen MR) is 101 cm³/mol. The maximum Gasteiger partial charge on any atom is 0.123 e. The lowest BCUT2D eigenvalue weighted by molar-refractivity contribution is 0.0424. The first kappa shape index (κ1) is 19.3. The summed E-state index contributed by atoms with van der Waals surface area (Å²) in [6.07, 6.45) is 0.845. The lowest BCUT2D eigenvalue weighted by atomic mass is 9.85. The van der Waals surface area contributed by atoms with Gasteiger partial charge in [0.05, 0.1) is 0 Å². The van der Waals surface area contributed by atoms with Crippen molar-refractivity contribution in [2.75, 3.05) is 26.2 Å². The molecule has 0 spiro atoms. The van der Waals surface area contributed by atoms with Gasteiger partial charge < -0.3 is 14.7 Å². The third-order valence-electron chi connectivity index (χ3n) is 4.79. The molecule has 3 atom stereocenters. The summed E-state index contributed by atoms with van der Waals surface area (Å²) in [5.41, 5.74) is 2.48. The Labute approximate surface area is 148 Å². The van der Waals surface area contributed by atoms with Crippen molar-refractivity contribution in [3.05, 3.63) is 29.3 Å². The molecule has 136 valence electrons. The van der Waals surface area contributed by atoms with Crippen molar-refractivity contribution in [2.45, 2.75) is 59.5 Å². The number of aliphatic hydroxyl groups is 1. The average Bonchev–Trinajstić information content (AvgIpc) is 2.43. The van der Waals surface area contributed by atoms with E-state index in [-0.39, 0.29) is 5.41 Å². The highest BCUT2D eigenvalue weighted by molar-refractivity contribution is 5.41. The van der Waals surface area contributed by atoms with E-state index in [1.807, 2.05) is 6.07 Å². The summed E-state index contributed by atoms with van der Waals surface area (Å²) >= 11 is 0. The standard InChI is InChI=1S/C21H35NO2/c1-15-7-8-20(19(10-15)21(4,5)6)24-14-18(23)13-22-11-16(2)9-17(3)12-22/h7-8,10,16-18,23H,9,11-14H2,1-6H3. The van der Waals surface area contributed by atoms with Gasteiger partial charge in [0.2, 0.25) is 0 Å². The minimum atomic E-state index is -0.448. The van der Waals surface area contributed by atoms with Crippen LogP contribution in [0.15, 0.2) is 18.2 Å². The molecule has 1 N–H and O–H groups in total. The Morgan fingerprint density at radius 2 is 1.83 bits per heavy atom. The number of piperidine rings is 1. The summed E-state index contributed by atoms with van der Waals surface area (Å²) in [5, 5.41) is 10.4. The third-order valence-corrected chi connectivity index (χ3v) is 4.79. The molecule has 0 radical (unpaired) electrons. The van der Waals surface area contributed by atoms with Crippen LogP contribution in [0, 0.1) is 18.8 Å². The Kier molecular flexibility index (Phi) is 6.33. The van der Waals surface area contributed by atoms with Gasteiger partial charge in [-0.3, -0.25) is 0 Å². The maximum absolute atomic E-state index is 10.4. The molecule has 0 aromatic heterocycles. The number of ether oxygens (including phenoxy) is 1. The first-order valence-corrected chi connectivity index (χ1v) is 9.29. The summed E-state index contributed by atoms with van der Waals surface area (Å²) in [6, 6.07) is 6.30. The van der Waals surface area contributed by atoms with Gasteiger partial charge in [0.1, 0.15) is 18.5 Å². The van der Waals surface area contributed by atoms with Crippen LogP contribution >= 0.6 is 0 Å². The van der Waals surface area contributed by atoms with Gasteiger partial charge in [-0.1, -0.05) is 52.3 Å². The highest BCUT2D eigenvalue weighted by Crippen LogP contribution is 2.32. The number of hydrogen-bond acceptors (Lipinski definition) is 3. The average molecular weight is 334 g/mol. The quantitative estimate of drug-likeness (QED) is 0.884. The molecule has 0 bridgehead atoms. The van der Waals surface area contributed by atoms with E-state index in [0.717, 1.165) is 18.8 Å². The summed E-state index contributed by atoms with van der Waals surface area (Å²) in [5.74, 6) is 2.32. The molecule has 3 heteroatoms. The topological polar surface area (TPSA) is 32.7 Å². The van der Waals surface area contributed by atoms with E-state index in [1.165, 1.54) is 17.5 Å². The molecular weight excluding hydrogens is 298 g/mol. The highest BCUT2D eigenvalue weighted by atomic mass is 16.5. The Bertz CT molecular complexity index is 525. The number of hydrogen-bond donors (Lipinski definition) is 1. The Balaban J connectivity index is 1.93. The molecule has 3 nitrogen and oxygen atoms in total. The van der Waals surface area contributed by atoms with Gasteiger partial charge in [0.15, 0.2) is 0 Å². The Hall–Kier alpha value is -1.06. The lowest BCUT2D eigenvalue weighted by Crippen LogP contribution is -2.44. The second-order valence-corrected chi connectivity index (χ2v) is 8.88. The van der Waals surface area contributed by atoms with Crippen molar-refractivity contribution in [2.24, 2.45) is 11.8 Å². The van der Waals surface area contributed by atoms with Gasteiger partial charge in [-0.2, -0.15) is 0 Å². The molecule has 1 aliphatic heterocycles. The van der Waals surface area contributed by atoms with E-state index >= 15 is 0 Å². The van der Waals surface area contributed by atoms with Crippen LogP contribution in [0.3, 0.4) is 0 Å². The van der Waals surface area contributed by atoms with Crippen LogP contribution in [0.25, 0.3) is 0 Å². The van der Waals surface area contributed by atoms with Crippen LogP contribution in [0.5, 0.6) is 5.75 Å². The molecule has 1 fully saturated rings. The third kappa shape index (κ3) is 5.49. The molecular formula is C21H35NO2. The molecule has 1 aromatic carbocycles. The first-order chi connectivity index (χ1) is 11.1. The molecule has 3 unspecified atom stereocenters. The second kappa shape index (κ2) is 7.88. The number of rotatable bonds is 5. The zero-order chi connectivity index (χ0) is 17.9. The van der Waals surface area contributed by atoms with Gasteiger partial charge in [-0.15, -0.1) is 0 Å². The second-order valence-electron chi connectivity index (χ2n) is 8.88. The molecule has 2 rings (SSSR count).